The molecule has 3 aromatic heterocycles. The van der Waals surface area contributed by atoms with Gasteiger partial charge in [0, 0.05) is 44.5 Å². The molecule has 0 radical (unpaired) electrons. The molecule has 3 aromatic rings. The molecule has 0 N–H and O–H groups in total. The second-order valence-electron chi connectivity index (χ2n) is 6.36. The van der Waals surface area contributed by atoms with Gasteiger partial charge >= 0.3 is 0 Å². The zero-order chi connectivity index (χ0) is 18.4. The molecule has 4 heterocycles. The third kappa shape index (κ3) is 2.59. The number of rotatable bonds is 2. The number of aryl methyl sites for hydroxylation is 2. The standard InChI is InChI=1S/C16H19ClN8O/c1-10-11(2)21-16-18-9-20-25(16)14(10)24-6-4-23(5-7-24)12-8-19-22(3)15(26)13(12)17/h8-9H,4-7H2,1-3H3. The van der Waals surface area contributed by atoms with Gasteiger partial charge in [-0.1, -0.05) is 11.6 Å². The molecule has 0 amide bonds. The Morgan fingerprint density at radius 1 is 1.08 bits per heavy atom. The summed E-state index contributed by atoms with van der Waals surface area (Å²) in [5.74, 6) is 1.61. The van der Waals surface area contributed by atoms with E-state index in [0.717, 1.165) is 43.3 Å². The van der Waals surface area contributed by atoms with Gasteiger partial charge in [0.15, 0.2) is 0 Å². The van der Waals surface area contributed by atoms with Crippen LogP contribution in [0.1, 0.15) is 11.3 Å². The summed E-state index contributed by atoms with van der Waals surface area (Å²) in [7, 11) is 1.59. The zero-order valence-corrected chi connectivity index (χ0v) is 15.6. The number of hydrogen-bond donors (Lipinski definition) is 0. The summed E-state index contributed by atoms with van der Waals surface area (Å²) in [5.41, 5.74) is 2.44. The lowest BCUT2D eigenvalue weighted by Crippen LogP contribution is -2.48. The first kappa shape index (κ1) is 16.8. The van der Waals surface area contributed by atoms with Crippen molar-refractivity contribution in [3.05, 3.63) is 39.2 Å². The summed E-state index contributed by atoms with van der Waals surface area (Å²) < 4.78 is 3.03. The molecule has 9 nitrogen and oxygen atoms in total. The highest BCUT2D eigenvalue weighted by Gasteiger charge is 2.24. The third-order valence-corrected chi connectivity index (χ3v) is 5.21. The van der Waals surface area contributed by atoms with Crippen molar-refractivity contribution in [1.82, 2.24) is 29.4 Å². The molecule has 0 atom stereocenters. The second kappa shape index (κ2) is 6.24. The molecule has 1 fully saturated rings. The molecule has 4 rings (SSSR count). The summed E-state index contributed by atoms with van der Waals surface area (Å²) >= 11 is 6.24. The maximum absolute atomic E-state index is 12.0. The lowest BCUT2D eigenvalue weighted by Gasteiger charge is -2.37. The number of hydrogen-bond acceptors (Lipinski definition) is 7. The summed E-state index contributed by atoms with van der Waals surface area (Å²) in [5, 5.41) is 8.62. The molecule has 136 valence electrons. The van der Waals surface area contributed by atoms with Crippen molar-refractivity contribution in [2.45, 2.75) is 13.8 Å². The maximum Gasteiger partial charge on any atom is 0.287 e. The molecule has 0 bridgehead atoms. The van der Waals surface area contributed by atoms with Crippen LogP contribution in [-0.4, -0.2) is 55.5 Å². The van der Waals surface area contributed by atoms with E-state index in [1.807, 2.05) is 13.8 Å². The van der Waals surface area contributed by atoms with Gasteiger partial charge in [-0.25, -0.2) is 9.67 Å². The Bertz CT molecular complexity index is 1030. The minimum absolute atomic E-state index is 0.213. The van der Waals surface area contributed by atoms with Gasteiger partial charge in [0.1, 0.15) is 17.2 Å². The Kier molecular flexibility index (Phi) is 4.03. The van der Waals surface area contributed by atoms with Crippen molar-refractivity contribution in [3.8, 4) is 0 Å². The Morgan fingerprint density at radius 3 is 2.50 bits per heavy atom. The van der Waals surface area contributed by atoms with Crippen molar-refractivity contribution in [1.29, 1.82) is 0 Å². The largest absolute Gasteiger partial charge is 0.365 e. The molecule has 1 aliphatic heterocycles. The van der Waals surface area contributed by atoms with Gasteiger partial charge < -0.3 is 9.80 Å². The Morgan fingerprint density at radius 2 is 1.77 bits per heavy atom. The summed E-state index contributed by atoms with van der Waals surface area (Å²) in [6.45, 7) is 7.02. The van der Waals surface area contributed by atoms with Crippen LogP contribution in [0.3, 0.4) is 0 Å². The van der Waals surface area contributed by atoms with Gasteiger partial charge in [0.05, 0.1) is 11.9 Å². The average molecular weight is 375 g/mol. The normalized spacial score (nSPS) is 15.1. The predicted octanol–water partition coefficient (Wildman–Crippen LogP) is 0.815. The van der Waals surface area contributed by atoms with Gasteiger partial charge in [-0.3, -0.25) is 4.79 Å². The summed E-state index contributed by atoms with van der Waals surface area (Å²) in [6.07, 6.45) is 3.17. The Labute approximate surface area is 154 Å². The maximum atomic E-state index is 12.0. The van der Waals surface area contributed by atoms with E-state index in [1.165, 1.54) is 11.0 Å². The van der Waals surface area contributed by atoms with E-state index >= 15 is 0 Å². The van der Waals surface area contributed by atoms with Crippen LogP contribution in [0.5, 0.6) is 0 Å². The highest BCUT2D eigenvalue weighted by molar-refractivity contribution is 6.33. The van der Waals surface area contributed by atoms with Crippen molar-refractivity contribution >= 4 is 28.9 Å². The van der Waals surface area contributed by atoms with Gasteiger partial charge in [-0.05, 0) is 13.8 Å². The summed E-state index contributed by atoms with van der Waals surface area (Å²) in [4.78, 5) is 25.1. The quantitative estimate of drug-likeness (QED) is 0.656. The molecule has 1 saturated heterocycles. The van der Waals surface area contributed by atoms with E-state index in [2.05, 4.69) is 30.0 Å². The van der Waals surface area contributed by atoms with E-state index in [9.17, 15) is 4.79 Å². The van der Waals surface area contributed by atoms with Crippen LogP contribution >= 0.6 is 11.6 Å². The molecule has 0 aromatic carbocycles. The van der Waals surface area contributed by atoms with Crippen molar-refractivity contribution in [2.75, 3.05) is 36.0 Å². The van der Waals surface area contributed by atoms with Crippen LogP contribution in [0.4, 0.5) is 11.5 Å². The number of fused-ring (bicyclic) bond motifs is 1. The first-order valence-corrected chi connectivity index (χ1v) is 8.74. The molecule has 0 aliphatic carbocycles. The van der Waals surface area contributed by atoms with Crippen molar-refractivity contribution in [3.63, 3.8) is 0 Å². The number of anilines is 2. The minimum atomic E-state index is -0.281. The first-order valence-electron chi connectivity index (χ1n) is 8.36. The zero-order valence-electron chi connectivity index (χ0n) is 14.8. The number of halogens is 1. The van der Waals surface area contributed by atoms with Crippen LogP contribution in [0, 0.1) is 13.8 Å². The molecular formula is C16H19ClN8O. The highest BCUT2D eigenvalue weighted by Crippen LogP contribution is 2.26. The van der Waals surface area contributed by atoms with Gasteiger partial charge in [0.2, 0.25) is 0 Å². The minimum Gasteiger partial charge on any atom is -0.365 e. The van der Waals surface area contributed by atoms with E-state index in [-0.39, 0.29) is 10.6 Å². The van der Waals surface area contributed by atoms with Gasteiger partial charge in [-0.15, -0.1) is 0 Å². The molecule has 0 unspecified atom stereocenters. The topological polar surface area (TPSA) is 84.4 Å². The highest BCUT2D eigenvalue weighted by atomic mass is 35.5. The predicted molar refractivity (Wildman–Crippen MR) is 99.2 cm³/mol. The Hall–Kier alpha value is -2.68. The van der Waals surface area contributed by atoms with E-state index < -0.39 is 0 Å². The number of aromatic nitrogens is 6. The second-order valence-corrected chi connectivity index (χ2v) is 6.74. The number of piperazine rings is 1. The first-order chi connectivity index (χ1) is 12.5. The average Bonchev–Trinajstić information content (AvgIpc) is 3.09. The van der Waals surface area contributed by atoms with Crippen LogP contribution in [0.15, 0.2) is 17.3 Å². The van der Waals surface area contributed by atoms with Gasteiger partial charge in [0.25, 0.3) is 11.3 Å². The van der Waals surface area contributed by atoms with E-state index in [1.54, 1.807) is 17.8 Å². The fraction of sp³-hybridized carbons (Fsp3) is 0.438. The van der Waals surface area contributed by atoms with Crippen LogP contribution < -0.4 is 15.4 Å². The Balaban J connectivity index is 1.62. The SMILES string of the molecule is Cc1nc2ncnn2c(N2CCN(c3cnn(C)c(=O)c3Cl)CC2)c1C. The van der Waals surface area contributed by atoms with Crippen LogP contribution in [-0.2, 0) is 7.05 Å². The molecule has 0 spiro atoms. The molecular weight excluding hydrogens is 356 g/mol. The molecule has 26 heavy (non-hydrogen) atoms. The number of nitrogens with zero attached hydrogens (tertiary/aromatic N) is 8. The summed E-state index contributed by atoms with van der Waals surface area (Å²) in [6, 6.07) is 0. The lowest BCUT2D eigenvalue weighted by molar-refractivity contribution is 0.629. The van der Waals surface area contributed by atoms with Crippen molar-refractivity contribution in [2.24, 2.45) is 7.05 Å². The monoisotopic (exact) mass is 374 g/mol. The molecule has 0 saturated carbocycles. The van der Waals surface area contributed by atoms with E-state index in [4.69, 9.17) is 11.6 Å². The smallest absolute Gasteiger partial charge is 0.287 e. The lowest BCUT2D eigenvalue weighted by atomic mass is 10.2. The fourth-order valence-corrected chi connectivity index (χ4v) is 3.56. The van der Waals surface area contributed by atoms with E-state index in [0.29, 0.717) is 11.5 Å². The van der Waals surface area contributed by atoms with Crippen LogP contribution in [0.2, 0.25) is 5.02 Å². The van der Waals surface area contributed by atoms with Crippen molar-refractivity contribution < 1.29 is 0 Å². The molecule has 10 heteroatoms. The van der Waals surface area contributed by atoms with Crippen LogP contribution in [0.25, 0.3) is 5.78 Å². The van der Waals surface area contributed by atoms with Gasteiger partial charge in [-0.2, -0.15) is 19.7 Å². The fourth-order valence-electron chi connectivity index (χ4n) is 3.27. The third-order valence-electron chi connectivity index (χ3n) is 4.86. The molecule has 1 aliphatic rings.